The summed E-state index contributed by atoms with van der Waals surface area (Å²) in [5.74, 6) is 1.13. The fraction of sp³-hybridized carbons (Fsp3) is 0.292. The molecule has 0 aliphatic heterocycles. The van der Waals surface area contributed by atoms with Gasteiger partial charge in [-0.3, -0.25) is 4.79 Å². The van der Waals surface area contributed by atoms with Crippen molar-refractivity contribution in [3.63, 3.8) is 0 Å². The number of para-hydroxylation sites is 1. The number of aromatic nitrogens is 2. The molecule has 6 heteroatoms. The van der Waals surface area contributed by atoms with Crippen LogP contribution in [0, 0.1) is 0 Å². The Bertz CT molecular complexity index is 1160. The van der Waals surface area contributed by atoms with Crippen molar-refractivity contribution in [1.29, 1.82) is 0 Å². The van der Waals surface area contributed by atoms with E-state index in [2.05, 4.69) is 59.2 Å². The maximum Gasteiger partial charge on any atom is 0.267 e. The fourth-order valence-electron chi connectivity index (χ4n) is 3.89. The molecule has 2 N–H and O–H groups in total. The number of benzene rings is 2. The minimum atomic E-state index is -0.128. The number of amides is 1. The van der Waals surface area contributed by atoms with Crippen LogP contribution in [-0.2, 0) is 6.42 Å². The lowest BCUT2D eigenvalue weighted by molar-refractivity contribution is 0.0950. The summed E-state index contributed by atoms with van der Waals surface area (Å²) in [4.78, 5) is 15.8. The van der Waals surface area contributed by atoms with Gasteiger partial charge >= 0.3 is 0 Å². The van der Waals surface area contributed by atoms with Crippen LogP contribution < -0.4 is 14.8 Å². The van der Waals surface area contributed by atoms with Gasteiger partial charge in [0.25, 0.3) is 5.91 Å². The monoisotopic (exact) mass is 405 g/mol. The predicted octanol–water partition coefficient (Wildman–Crippen LogP) is 4.69. The highest BCUT2D eigenvalue weighted by Gasteiger charge is 2.14. The number of nitrogens with one attached hydrogen (secondary N) is 2. The zero-order chi connectivity index (χ0) is 21.3. The highest BCUT2D eigenvalue weighted by atomic mass is 16.5. The van der Waals surface area contributed by atoms with Crippen LogP contribution in [0.2, 0.25) is 0 Å². The summed E-state index contributed by atoms with van der Waals surface area (Å²) in [7, 11) is 3.19. The van der Waals surface area contributed by atoms with Crippen LogP contribution in [0.25, 0.3) is 21.8 Å². The van der Waals surface area contributed by atoms with E-state index in [1.807, 2.05) is 18.2 Å². The third kappa shape index (κ3) is 3.61. The van der Waals surface area contributed by atoms with Crippen molar-refractivity contribution >= 4 is 27.7 Å². The number of fused-ring (bicyclic) bond motifs is 2. The lowest BCUT2D eigenvalue weighted by Crippen LogP contribution is -2.25. The van der Waals surface area contributed by atoms with Gasteiger partial charge in [-0.1, -0.05) is 18.2 Å². The van der Waals surface area contributed by atoms with Gasteiger partial charge in [0.15, 0.2) is 11.5 Å². The van der Waals surface area contributed by atoms with Gasteiger partial charge in [0, 0.05) is 46.7 Å². The van der Waals surface area contributed by atoms with Crippen molar-refractivity contribution in [2.45, 2.75) is 26.3 Å². The van der Waals surface area contributed by atoms with Gasteiger partial charge in [0.1, 0.15) is 5.69 Å². The van der Waals surface area contributed by atoms with Gasteiger partial charge in [0.2, 0.25) is 0 Å². The van der Waals surface area contributed by atoms with Crippen molar-refractivity contribution in [3.8, 4) is 11.5 Å². The van der Waals surface area contributed by atoms with E-state index in [1.165, 1.54) is 16.5 Å². The standard InChI is InChI=1S/C24H27N3O3/c1-15(2)27-14-16(18-7-5-6-8-21(18)27)9-10-25-24(28)20-11-17-12-22(29-3)23(30-4)13-19(17)26-20/h5-8,11-15,26H,9-10H2,1-4H3,(H,25,28). The topological polar surface area (TPSA) is 68.3 Å². The quantitative estimate of drug-likeness (QED) is 0.469. The number of nitrogens with zero attached hydrogens (tertiary/aromatic N) is 1. The van der Waals surface area contributed by atoms with Gasteiger partial charge in [-0.2, -0.15) is 0 Å². The SMILES string of the molecule is COc1cc2cc(C(=O)NCCc3cn(C(C)C)c4ccccc34)[nH]c2cc1OC. The van der Waals surface area contributed by atoms with E-state index >= 15 is 0 Å². The molecule has 4 aromatic rings. The van der Waals surface area contributed by atoms with Gasteiger partial charge in [-0.15, -0.1) is 0 Å². The molecule has 0 aliphatic carbocycles. The Balaban J connectivity index is 1.48. The Morgan fingerprint density at radius 1 is 1.10 bits per heavy atom. The van der Waals surface area contributed by atoms with Gasteiger partial charge in [0.05, 0.1) is 14.2 Å². The van der Waals surface area contributed by atoms with Gasteiger partial charge in [-0.25, -0.2) is 0 Å². The van der Waals surface area contributed by atoms with E-state index in [4.69, 9.17) is 9.47 Å². The molecule has 156 valence electrons. The van der Waals surface area contributed by atoms with E-state index in [9.17, 15) is 4.79 Å². The molecule has 1 amide bonds. The second-order valence-corrected chi connectivity index (χ2v) is 7.66. The van der Waals surface area contributed by atoms with Crippen molar-refractivity contribution < 1.29 is 14.3 Å². The van der Waals surface area contributed by atoms with Crippen molar-refractivity contribution in [2.75, 3.05) is 20.8 Å². The molecular weight excluding hydrogens is 378 g/mol. The minimum absolute atomic E-state index is 0.128. The third-order valence-electron chi connectivity index (χ3n) is 5.43. The first-order valence-electron chi connectivity index (χ1n) is 10.1. The molecule has 0 aliphatic rings. The summed E-state index contributed by atoms with van der Waals surface area (Å²) in [5.41, 5.74) is 3.82. The first-order chi connectivity index (χ1) is 14.5. The minimum Gasteiger partial charge on any atom is -0.493 e. The van der Waals surface area contributed by atoms with E-state index < -0.39 is 0 Å². The van der Waals surface area contributed by atoms with Crippen LogP contribution in [0.15, 0.2) is 48.7 Å². The number of aromatic amines is 1. The lowest BCUT2D eigenvalue weighted by Gasteiger charge is -2.08. The fourth-order valence-corrected chi connectivity index (χ4v) is 3.89. The van der Waals surface area contributed by atoms with Crippen LogP contribution in [-0.4, -0.2) is 36.2 Å². The Morgan fingerprint density at radius 2 is 1.83 bits per heavy atom. The molecule has 0 radical (unpaired) electrons. The van der Waals surface area contributed by atoms with E-state index in [1.54, 1.807) is 14.2 Å². The highest BCUT2D eigenvalue weighted by molar-refractivity contribution is 5.98. The molecule has 2 aromatic heterocycles. The van der Waals surface area contributed by atoms with Crippen LogP contribution in [0.5, 0.6) is 11.5 Å². The lowest BCUT2D eigenvalue weighted by atomic mass is 10.1. The molecule has 0 bridgehead atoms. The zero-order valence-electron chi connectivity index (χ0n) is 17.8. The van der Waals surface area contributed by atoms with Gasteiger partial charge in [-0.05, 0) is 44.0 Å². The van der Waals surface area contributed by atoms with Crippen molar-refractivity contribution in [3.05, 3.63) is 59.9 Å². The number of carbonyl (C=O) groups is 1. The number of carbonyl (C=O) groups excluding carboxylic acids is 1. The molecule has 0 unspecified atom stereocenters. The van der Waals surface area contributed by atoms with Crippen LogP contribution in [0.4, 0.5) is 0 Å². The summed E-state index contributed by atoms with van der Waals surface area (Å²) in [6, 6.07) is 14.3. The Morgan fingerprint density at radius 3 is 2.57 bits per heavy atom. The number of methoxy groups -OCH3 is 2. The summed E-state index contributed by atoms with van der Waals surface area (Å²) < 4.78 is 13.0. The van der Waals surface area contributed by atoms with Crippen LogP contribution >= 0.6 is 0 Å². The summed E-state index contributed by atoms with van der Waals surface area (Å²) >= 11 is 0. The van der Waals surface area contributed by atoms with E-state index in [-0.39, 0.29) is 5.91 Å². The smallest absolute Gasteiger partial charge is 0.267 e. The molecule has 2 aromatic carbocycles. The normalized spacial score (nSPS) is 11.4. The van der Waals surface area contributed by atoms with Crippen LogP contribution in [0.3, 0.4) is 0 Å². The Kier molecular flexibility index (Phi) is 5.40. The second kappa shape index (κ2) is 8.14. The molecule has 0 saturated carbocycles. The second-order valence-electron chi connectivity index (χ2n) is 7.66. The number of H-pyrrole nitrogens is 1. The number of rotatable bonds is 7. The molecule has 30 heavy (non-hydrogen) atoms. The maximum atomic E-state index is 12.7. The molecule has 0 fully saturated rings. The first kappa shape index (κ1) is 19.9. The summed E-state index contributed by atoms with van der Waals surface area (Å²) in [6.07, 6.45) is 2.97. The Hall–Kier alpha value is -3.41. The molecule has 2 heterocycles. The third-order valence-corrected chi connectivity index (χ3v) is 5.43. The molecule has 0 spiro atoms. The maximum absolute atomic E-state index is 12.7. The van der Waals surface area contributed by atoms with Crippen LogP contribution in [0.1, 0.15) is 35.9 Å². The number of hydrogen-bond donors (Lipinski definition) is 2. The van der Waals surface area contributed by atoms with E-state index in [0.717, 1.165) is 17.3 Å². The molecule has 0 saturated heterocycles. The largest absolute Gasteiger partial charge is 0.493 e. The van der Waals surface area contributed by atoms with Crippen molar-refractivity contribution in [1.82, 2.24) is 14.9 Å². The Labute approximate surface area is 175 Å². The highest BCUT2D eigenvalue weighted by Crippen LogP contribution is 2.32. The van der Waals surface area contributed by atoms with Gasteiger partial charge < -0.3 is 24.3 Å². The van der Waals surface area contributed by atoms with E-state index in [0.29, 0.717) is 29.8 Å². The predicted molar refractivity (Wildman–Crippen MR) is 120 cm³/mol. The summed E-state index contributed by atoms with van der Waals surface area (Å²) in [5, 5.41) is 5.17. The zero-order valence-corrected chi connectivity index (χ0v) is 17.8. The molecular formula is C24H27N3O3. The molecule has 0 atom stereocenters. The average molecular weight is 405 g/mol. The number of ether oxygens (including phenoxy) is 2. The first-order valence-corrected chi connectivity index (χ1v) is 10.1. The van der Waals surface area contributed by atoms with Crippen molar-refractivity contribution in [2.24, 2.45) is 0 Å². The molecule has 6 nitrogen and oxygen atoms in total. The number of hydrogen-bond acceptors (Lipinski definition) is 3. The molecule has 4 rings (SSSR count). The summed E-state index contributed by atoms with van der Waals surface area (Å²) in [6.45, 7) is 4.92. The average Bonchev–Trinajstić information content (AvgIpc) is 3.34.